The third kappa shape index (κ3) is 1.63. The standard InChI is InChI=1S/C13H13ClN2/c14-13-15-11-7-4-8-12(11)16(13)9-10-5-2-1-3-6-10/h1-3,5-6H,4,7-9H2. The molecule has 2 aromatic rings. The molecular formula is C13H13ClN2. The summed E-state index contributed by atoms with van der Waals surface area (Å²) in [4.78, 5) is 4.42. The molecule has 0 saturated carbocycles. The van der Waals surface area contributed by atoms with Crippen LogP contribution in [-0.4, -0.2) is 9.55 Å². The topological polar surface area (TPSA) is 17.8 Å². The summed E-state index contributed by atoms with van der Waals surface area (Å²) in [5.74, 6) is 0. The third-order valence-corrected chi connectivity index (χ3v) is 3.41. The van der Waals surface area contributed by atoms with Gasteiger partial charge in [-0.2, -0.15) is 0 Å². The van der Waals surface area contributed by atoms with Gasteiger partial charge in [0, 0.05) is 5.69 Å². The van der Waals surface area contributed by atoms with Gasteiger partial charge in [-0.25, -0.2) is 4.98 Å². The molecule has 2 nitrogen and oxygen atoms in total. The summed E-state index contributed by atoms with van der Waals surface area (Å²) in [5, 5.41) is 0.633. The first kappa shape index (κ1) is 9.91. The predicted molar refractivity (Wildman–Crippen MR) is 64.8 cm³/mol. The maximum Gasteiger partial charge on any atom is 0.203 e. The minimum Gasteiger partial charge on any atom is -0.314 e. The van der Waals surface area contributed by atoms with Crippen molar-refractivity contribution in [2.75, 3.05) is 0 Å². The van der Waals surface area contributed by atoms with Gasteiger partial charge in [-0.3, -0.25) is 0 Å². The molecule has 1 aliphatic rings. The number of benzene rings is 1. The van der Waals surface area contributed by atoms with E-state index in [1.165, 1.54) is 23.4 Å². The molecule has 1 aromatic heterocycles. The Morgan fingerprint density at radius 1 is 1.19 bits per heavy atom. The van der Waals surface area contributed by atoms with E-state index >= 15 is 0 Å². The van der Waals surface area contributed by atoms with Crippen molar-refractivity contribution < 1.29 is 0 Å². The molecule has 1 aromatic carbocycles. The molecule has 0 spiro atoms. The molecule has 0 atom stereocenters. The first-order valence-electron chi connectivity index (χ1n) is 5.62. The maximum atomic E-state index is 6.16. The normalized spacial score (nSPS) is 14.1. The van der Waals surface area contributed by atoms with Crippen molar-refractivity contribution in [1.29, 1.82) is 0 Å². The average Bonchev–Trinajstić information content (AvgIpc) is 2.84. The second kappa shape index (κ2) is 3.95. The van der Waals surface area contributed by atoms with Crippen LogP contribution in [0.3, 0.4) is 0 Å². The summed E-state index contributed by atoms with van der Waals surface area (Å²) in [6.07, 6.45) is 3.41. The Morgan fingerprint density at radius 2 is 2.00 bits per heavy atom. The molecule has 16 heavy (non-hydrogen) atoms. The molecule has 0 fully saturated rings. The zero-order valence-corrected chi connectivity index (χ0v) is 9.74. The summed E-state index contributed by atoms with van der Waals surface area (Å²) >= 11 is 6.16. The Labute approximate surface area is 99.9 Å². The van der Waals surface area contributed by atoms with E-state index < -0.39 is 0 Å². The number of halogens is 1. The number of hydrogen-bond acceptors (Lipinski definition) is 1. The van der Waals surface area contributed by atoms with Gasteiger partial charge in [-0.1, -0.05) is 30.3 Å². The second-order valence-electron chi connectivity index (χ2n) is 4.20. The zero-order chi connectivity index (χ0) is 11.0. The van der Waals surface area contributed by atoms with Gasteiger partial charge in [-0.15, -0.1) is 0 Å². The highest BCUT2D eigenvalue weighted by atomic mass is 35.5. The number of imidazole rings is 1. The monoisotopic (exact) mass is 232 g/mol. The second-order valence-corrected chi connectivity index (χ2v) is 4.54. The molecule has 0 unspecified atom stereocenters. The predicted octanol–water partition coefficient (Wildman–Crippen LogP) is 3.07. The first-order chi connectivity index (χ1) is 7.84. The van der Waals surface area contributed by atoms with Crippen LogP contribution in [0.1, 0.15) is 23.4 Å². The Hall–Kier alpha value is -1.28. The van der Waals surface area contributed by atoms with E-state index in [0.29, 0.717) is 5.28 Å². The minimum atomic E-state index is 0.633. The lowest BCUT2D eigenvalue weighted by atomic mass is 10.2. The summed E-state index contributed by atoms with van der Waals surface area (Å²) in [6, 6.07) is 10.4. The van der Waals surface area contributed by atoms with E-state index in [2.05, 4.69) is 33.8 Å². The molecular weight excluding hydrogens is 220 g/mol. The summed E-state index contributed by atoms with van der Waals surface area (Å²) < 4.78 is 2.14. The molecule has 82 valence electrons. The summed E-state index contributed by atoms with van der Waals surface area (Å²) in [6.45, 7) is 0.835. The minimum absolute atomic E-state index is 0.633. The first-order valence-corrected chi connectivity index (χ1v) is 6.00. The van der Waals surface area contributed by atoms with Crippen molar-refractivity contribution >= 4 is 11.6 Å². The van der Waals surface area contributed by atoms with Gasteiger partial charge in [-0.05, 0) is 36.4 Å². The van der Waals surface area contributed by atoms with E-state index in [1.54, 1.807) is 0 Å². The summed E-state index contributed by atoms with van der Waals surface area (Å²) in [5.41, 5.74) is 3.80. The largest absolute Gasteiger partial charge is 0.314 e. The fraction of sp³-hybridized carbons (Fsp3) is 0.308. The van der Waals surface area contributed by atoms with Crippen molar-refractivity contribution in [3.63, 3.8) is 0 Å². The van der Waals surface area contributed by atoms with Crippen LogP contribution in [0.4, 0.5) is 0 Å². The number of fused-ring (bicyclic) bond motifs is 1. The smallest absolute Gasteiger partial charge is 0.203 e. The Bertz CT molecular complexity index is 502. The number of rotatable bonds is 2. The van der Waals surface area contributed by atoms with E-state index in [-0.39, 0.29) is 0 Å². The van der Waals surface area contributed by atoms with Crippen LogP contribution in [-0.2, 0) is 19.4 Å². The van der Waals surface area contributed by atoms with Crippen molar-refractivity contribution in [2.45, 2.75) is 25.8 Å². The molecule has 0 saturated heterocycles. The van der Waals surface area contributed by atoms with Gasteiger partial charge >= 0.3 is 0 Å². The number of nitrogens with zero attached hydrogens (tertiary/aromatic N) is 2. The quantitative estimate of drug-likeness (QED) is 0.778. The van der Waals surface area contributed by atoms with Gasteiger partial charge < -0.3 is 4.57 Å². The SMILES string of the molecule is Clc1nc2c(n1Cc1ccccc1)CCC2. The molecule has 1 heterocycles. The van der Waals surface area contributed by atoms with E-state index in [9.17, 15) is 0 Å². The van der Waals surface area contributed by atoms with Crippen molar-refractivity contribution in [1.82, 2.24) is 9.55 Å². The maximum absolute atomic E-state index is 6.16. The van der Waals surface area contributed by atoms with Gasteiger partial charge in [0.2, 0.25) is 5.28 Å². The molecule has 1 aliphatic carbocycles. The molecule has 0 aliphatic heterocycles. The van der Waals surface area contributed by atoms with Crippen LogP contribution >= 0.6 is 11.6 Å². The lowest BCUT2D eigenvalue weighted by molar-refractivity contribution is 0.734. The lowest BCUT2D eigenvalue weighted by Gasteiger charge is -2.07. The molecule has 0 amide bonds. The van der Waals surface area contributed by atoms with Crippen molar-refractivity contribution in [3.05, 3.63) is 52.6 Å². The van der Waals surface area contributed by atoms with E-state index in [1.807, 2.05) is 6.07 Å². The zero-order valence-electron chi connectivity index (χ0n) is 8.99. The average molecular weight is 233 g/mol. The summed E-state index contributed by atoms with van der Waals surface area (Å²) in [7, 11) is 0. The van der Waals surface area contributed by atoms with E-state index in [4.69, 9.17) is 11.6 Å². The van der Waals surface area contributed by atoms with Crippen LogP contribution in [0.15, 0.2) is 30.3 Å². The van der Waals surface area contributed by atoms with Crippen LogP contribution in [0.5, 0.6) is 0 Å². The lowest BCUT2D eigenvalue weighted by Crippen LogP contribution is -2.03. The van der Waals surface area contributed by atoms with Crippen LogP contribution in [0.25, 0.3) is 0 Å². The molecule has 3 rings (SSSR count). The molecule has 0 N–H and O–H groups in total. The Morgan fingerprint density at radius 3 is 2.81 bits per heavy atom. The van der Waals surface area contributed by atoms with Crippen LogP contribution in [0, 0.1) is 0 Å². The molecule has 0 bridgehead atoms. The Balaban J connectivity index is 1.96. The van der Waals surface area contributed by atoms with Gasteiger partial charge in [0.15, 0.2) is 0 Å². The Kier molecular flexibility index (Phi) is 2.44. The number of hydrogen-bond donors (Lipinski definition) is 0. The fourth-order valence-electron chi connectivity index (χ4n) is 2.33. The number of aryl methyl sites for hydroxylation is 1. The van der Waals surface area contributed by atoms with Crippen LogP contribution < -0.4 is 0 Å². The highest BCUT2D eigenvalue weighted by molar-refractivity contribution is 6.28. The van der Waals surface area contributed by atoms with Gasteiger partial charge in [0.05, 0.1) is 12.2 Å². The molecule has 3 heteroatoms. The third-order valence-electron chi connectivity index (χ3n) is 3.12. The highest BCUT2D eigenvalue weighted by Crippen LogP contribution is 2.26. The van der Waals surface area contributed by atoms with Crippen molar-refractivity contribution in [2.24, 2.45) is 0 Å². The van der Waals surface area contributed by atoms with Crippen LogP contribution in [0.2, 0.25) is 5.28 Å². The fourth-order valence-corrected chi connectivity index (χ4v) is 2.60. The van der Waals surface area contributed by atoms with Gasteiger partial charge in [0.25, 0.3) is 0 Å². The van der Waals surface area contributed by atoms with Gasteiger partial charge in [0.1, 0.15) is 0 Å². The van der Waals surface area contributed by atoms with E-state index in [0.717, 1.165) is 19.4 Å². The van der Waals surface area contributed by atoms with Crippen molar-refractivity contribution in [3.8, 4) is 0 Å². The molecule has 0 radical (unpaired) electrons. The highest BCUT2D eigenvalue weighted by Gasteiger charge is 2.20. The number of aromatic nitrogens is 2.